The summed E-state index contributed by atoms with van der Waals surface area (Å²) < 4.78 is 4.51. The lowest BCUT2D eigenvalue weighted by Crippen LogP contribution is -1.95. The Morgan fingerprint density at radius 3 is 1.12 bits per heavy atom. The van der Waals surface area contributed by atoms with Crippen LogP contribution in [0.5, 0.6) is 0 Å². The van der Waals surface area contributed by atoms with Crippen LogP contribution in [-0.4, -0.2) is 8.68 Å². The monoisotopic (exact) mass is 674 g/mol. The van der Waals surface area contributed by atoms with Crippen LogP contribution >= 0.6 is 18.8 Å². The van der Waals surface area contributed by atoms with Crippen molar-refractivity contribution >= 4 is 40.6 Å². The lowest BCUT2D eigenvalue weighted by atomic mass is 9.95. The van der Waals surface area contributed by atoms with Gasteiger partial charge in [0.05, 0.1) is 11.0 Å². The fourth-order valence-electron chi connectivity index (χ4n) is 6.97. The number of rotatable bonds is 16. The van der Waals surface area contributed by atoms with Crippen LogP contribution in [-0.2, 0) is 25.7 Å². The molecule has 0 bridgehead atoms. The summed E-state index contributed by atoms with van der Waals surface area (Å²) in [4.78, 5) is 0. The zero-order valence-electron chi connectivity index (χ0n) is 29.4. The number of unbranched alkanes of at least 4 members (excludes halogenated alkanes) is 4. The minimum Gasteiger partial charge on any atom is -0.296 e. The average molecular weight is 675 g/mol. The van der Waals surface area contributed by atoms with Gasteiger partial charge in [-0.2, -0.15) is 0 Å². The first kappa shape index (κ1) is 34.5. The Hall–Kier alpha value is -3.32. The fourth-order valence-corrected chi connectivity index (χ4v) is 9.04. The zero-order valence-corrected chi connectivity index (χ0v) is 31.1. The van der Waals surface area contributed by atoms with Crippen LogP contribution in [0.25, 0.3) is 44.1 Å². The number of nitrogens with zero attached hydrogens (tertiary/aromatic N) is 2. The van der Waals surface area contributed by atoms with Crippen molar-refractivity contribution in [1.29, 1.82) is 0 Å². The Morgan fingerprint density at radius 2 is 0.792 bits per heavy atom. The predicted octanol–water partition coefficient (Wildman–Crippen LogP) is 14.2. The highest BCUT2D eigenvalue weighted by Crippen LogP contribution is 2.49. The minimum absolute atomic E-state index is 1.15. The molecular weight excluding hydrogens is 623 g/mol. The number of aromatic nitrogens is 2. The second-order valence-electron chi connectivity index (χ2n) is 13.6. The van der Waals surface area contributed by atoms with Crippen molar-refractivity contribution in [3.63, 3.8) is 0 Å². The molecule has 0 aliphatic carbocycles. The Bertz CT molecular complexity index is 1770. The van der Waals surface area contributed by atoms with Crippen molar-refractivity contribution in [1.82, 2.24) is 8.68 Å². The molecular formula is C44H52ClN2P. The first-order valence-corrected chi connectivity index (χ1v) is 20.6. The molecule has 0 spiro atoms. The Morgan fingerprint density at radius 1 is 0.438 bits per heavy atom. The van der Waals surface area contributed by atoms with E-state index in [1.807, 2.05) is 0 Å². The van der Waals surface area contributed by atoms with E-state index in [1.54, 1.807) is 0 Å². The summed E-state index contributed by atoms with van der Waals surface area (Å²) in [5.41, 5.74) is 13.4. The third-order valence-corrected chi connectivity index (χ3v) is 12.1. The van der Waals surface area contributed by atoms with Crippen molar-refractivity contribution in [3.8, 4) is 22.3 Å². The van der Waals surface area contributed by atoms with Crippen LogP contribution in [0, 0.1) is 0 Å². The van der Waals surface area contributed by atoms with Gasteiger partial charge in [0.15, 0.2) is 0 Å². The molecule has 2 heterocycles. The quantitative estimate of drug-likeness (QED) is 0.0904. The van der Waals surface area contributed by atoms with Crippen molar-refractivity contribution in [3.05, 3.63) is 120 Å². The van der Waals surface area contributed by atoms with E-state index in [2.05, 4.69) is 134 Å². The minimum atomic E-state index is -1.17. The zero-order chi connectivity index (χ0) is 33.5. The number of hydrogen-bond donors (Lipinski definition) is 0. The molecule has 0 saturated carbocycles. The van der Waals surface area contributed by atoms with Gasteiger partial charge in [0.1, 0.15) is 0 Å². The maximum atomic E-state index is 7.35. The molecule has 0 aliphatic heterocycles. The van der Waals surface area contributed by atoms with Gasteiger partial charge in [0.25, 0.3) is 0 Å². The molecule has 250 valence electrons. The summed E-state index contributed by atoms with van der Waals surface area (Å²) in [6, 6.07) is 32.7. The molecule has 0 fully saturated rings. The van der Waals surface area contributed by atoms with Gasteiger partial charge in [0, 0.05) is 23.2 Å². The summed E-state index contributed by atoms with van der Waals surface area (Å²) in [7, 11) is -1.17. The summed E-state index contributed by atoms with van der Waals surface area (Å²) >= 11 is 7.35. The normalized spacial score (nSPS) is 11.8. The summed E-state index contributed by atoms with van der Waals surface area (Å²) in [6.45, 7) is 9.10. The summed E-state index contributed by atoms with van der Waals surface area (Å²) in [5.74, 6) is 0. The maximum absolute atomic E-state index is 7.35. The topological polar surface area (TPSA) is 9.86 Å². The van der Waals surface area contributed by atoms with E-state index < -0.39 is 7.58 Å². The third-order valence-electron chi connectivity index (χ3n) is 9.74. The van der Waals surface area contributed by atoms with Crippen LogP contribution in [0.2, 0.25) is 0 Å². The number of fused-ring (bicyclic) bond motifs is 2. The van der Waals surface area contributed by atoms with E-state index >= 15 is 0 Å². The van der Waals surface area contributed by atoms with E-state index in [0.717, 1.165) is 25.7 Å². The molecule has 0 amide bonds. The first-order valence-electron chi connectivity index (χ1n) is 18.5. The summed E-state index contributed by atoms with van der Waals surface area (Å²) in [5, 5.41) is 2.46. The van der Waals surface area contributed by atoms with Crippen LogP contribution in [0.15, 0.2) is 97.3 Å². The second-order valence-corrected chi connectivity index (χ2v) is 15.8. The van der Waals surface area contributed by atoms with E-state index in [9.17, 15) is 0 Å². The van der Waals surface area contributed by atoms with Crippen LogP contribution in [0.1, 0.15) is 101 Å². The number of aryl methyl sites for hydroxylation is 4. The Balaban J connectivity index is 1.28. The van der Waals surface area contributed by atoms with Crippen LogP contribution in [0.3, 0.4) is 0 Å². The van der Waals surface area contributed by atoms with Gasteiger partial charge < -0.3 is 0 Å². The van der Waals surface area contributed by atoms with Gasteiger partial charge in [-0.25, -0.2) is 0 Å². The van der Waals surface area contributed by atoms with E-state index in [-0.39, 0.29) is 0 Å². The molecule has 6 aromatic rings. The van der Waals surface area contributed by atoms with Gasteiger partial charge in [-0.05, 0) is 144 Å². The van der Waals surface area contributed by atoms with Crippen LogP contribution < -0.4 is 0 Å². The van der Waals surface area contributed by atoms with Crippen molar-refractivity contribution in [2.24, 2.45) is 0 Å². The van der Waals surface area contributed by atoms with E-state index in [0.29, 0.717) is 0 Å². The molecule has 0 unspecified atom stereocenters. The number of halogens is 1. The predicted molar refractivity (Wildman–Crippen MR) is 213 cm³/mol. The molecule has 4 aromatic carbocycles. The third kappa shape index (κ3) is 7.93. The van der Waals surface area contributed by atoms with Gasteiger partial charge in [-0.15, -0.1) is 0 Å². The van der Waals surface area contributed by atoms with Crippen LogP contribution in [0.4, 0.5) is 0 Å². The smallest absolute Gasteiger partial charge is 0.206 e. The average Bonchev–Trinajstić information content (AvgIpc) is 3.75. The second kappa shape index (κ2) is 16.4. The summed E-state index contributed by atoms with van der Waals surface area (Å²) in [6.07, 6.45) is 18.8. The molecule has 0 saturated heterocycles. The largest absolute Gasteiger partial charge is 0.296 e. The molecule has 0 radical (unpaired) electrons. The molecule has 2 nitrogen and oxygen atoms in total. The number of benzene rings is 4. The lowest BCUT2D eigenvalue weighted by Gasteiger charge is -2.16. The fraction of sp³-hybridized carbons (Fsp3) is 0.364. The van der Waals surface area contributed by atoms with E-state index in [1.165, 1.54) is 118 Å². The molecule has 0 N–H and O–H groups in total. The maximum Gasteiger partial charge on any atom is 0.206 e. The molecule has 4 heteroatoms. The molecule has 48 heavy (non-hydrogen) atoms. The molecule has 0 atom stereocenters. The molecule has 0 aliphatic rings. The van der Waals surface area contributed by atoms with Gasteiger partial charge in [0.2, 0.25) is 7.58 Å². The van der Waals surface area contributed by atoms with E-state index in [4.69, 9.17) is 11.2 Å². The van der Waals surface area contributed by atoms with Crippen molar-refractivity contribution < 1.29 is 0 Å². The Kier molecular flexibility index (Phi) is 11.8. The first-order chi connectivity index (χ1) is 23.5. The molecule has 2 aromatic heterocycles. The van der Waals surface area contributed by atoms with Crippen molar-refractivity contribution in [2.75, 3.05) is 0 Å². The lowest BCUT2D eigenvalue weighted by molar-refractivity contribution is 0.781. The number of hydrogen-bond acceptors (Lipinski definition) is 0. The van der Waals surface area contributed by atoms with Gasteiger partial charge >= 0.3 is 0 Å². The highest BCUT2D eigenvalue weighted by molar-refractivity contribution is 7.81. The standard InChI is InChI=1S/C44H52ClN2P/c1-5-9-13-33-25-34(14-10-6-2)28-41(27-33)37-17-19-43-39(31-37)21-23-46(43)48(45)47-24-22-40-32-38(18-20-44(40)47)42-29-35(15-11-7-3)26-36(30-42)16-12-8-4/h17-32H,5-16H2,1-4H3. The Labute approximate surface area is 294 Å². The highest BCUT2D eigenvalue weighted by atomic mass is 35.7. The highest BCUT2D eigenvalue weighted by Gasteiger charge is 2.17. The van der Waals surface area contributed by atoms with Crippen molar-refractivity contribution in [2.45, 2.75) is 105 Å². The van der Waals surface area contributed by atoms with Gasteiger partial charge in [-0.1, -0.05) is 102 Å². The van der Waals surface area contributed by atoms with Gasteiger partial charge in [-0.3, -0.25) is 8.68 Å². The SMILES string of the molecule is CCCCc1cc(CCCC)cc(-c2ccc3c(ccn3P(Cl)n3ccc4cc(-c5cc(CCCC)cc(CCCC)c5)ccc43)c2)c1. The molecule has 6 rings (SSSR count).